The molecule has 1 aromatic heterocycles. The summed E-state index contributed by atoms with van der Waals surface area (Å²) in [5.74, 6) is -0.204. The molecule has 1 amide bonds. The third kappa shape index (κ3) is 3.32. The van der Waals surface area contributed by atoms with Crippen LogP contribution in [0.3, 0.4) is 0 Å². The molecule has 0 radical (unpaired) electrons. The third-order valence-electron chi connectivity index (χ3n) is 3.19. The van der Waals surface area contributed by atoms with Crippen molar-refractivity contribution >= 4 is 33.1 Å². The van der Waals surface area contributed by atoms with Gasteiger partial charge < -0.3 is 15.4 Å². The number of aromatic nitrogens is 1. The number of nitrogens with two attached hydrogens (primary N) is 1. The number of thiazole rings is 1. The van der Waals surface area contributed by atoms with Crippen molar-refractivity contribution in [2.24, 2.45) is 0 Å². The molecule has 0 aliphatic carbocycles. The second-order valence-electron chi connectivity index (χ2n) is 4.68. The minimum Gasteiger partial charge on any atom is -0.399 e. The lowest BCUT2D eigenvalue weighted by Crippen LogP contribution is -2.35. The van der Waals surface area contributed by atoms with Gasteiger partial charge in [-0.3, -0.25) is 10.1 Å². The van der Waals surface area contributed by atoms with E-state index in [9.17, 15) is 4.79 Å². The van der Waals surface area contributed by atoms with Crippen molar-refractivity contribution in [2.45, 2.75) is 0 Å². The first-order valence-electron chi connectivity index (χ1n) is 6.68. The number of amides is 1. The molecule has 3 rings (SSSR count). The van der Waals surface area contributed by atoms with Gasteiger partial charge in [-0.25, -0.2) is 4.98 Å². The van der Waals surface area contributed by atoms with Crippen molar-refractivity contribution in [2.75, 3.05) is 42.3 Å². The Balaban J connectivity index is 1.68. The summed E-state index contributed by atoms with van der Waals surface area (Å²) in [4.78, 5) is 18.6. The number of rotatable bonds is 3. The van der Waals surface area contributed by atoms with E-state index in [0.29, 0.717) is 16.4 Å². The van der Waals surface area contributed by atoms with Gasteiger partial charge in [0.2, 0.25) is 0 Å². The Morgan fingerprint density at radius 3 is 2.95 bits per heavy atom. The first kappa shape index (κ1) is 13.8. The Labute approximate surface area is 126 Å². The summed E-state index contributed by atoms with van der Waals surface area (Å²) in [6.45, 7) is 3.15. The van der Waals surface area contributed by atoms with Crippen LogP contribution >= 0.6 is 11.3 Å². The number of anilines is 3. The van der Waals surface area contributed by atoms with E-state index in [1.807, 2.05) is 0 Å². The van der Waals surface area contributed by atoms with Gasteiger partial charge in [0, 0.05) is 24.3 Å². The highest BCUT2D eigenvalue weighted by molar-refractivity contribution is 7.19. The van der Waals surface area contributed by atoms with Crippen LogP contribution < -0.4 is 16.0 Å². The number of nitrogens with one attached hydrogen (secondary N) is 1. The lowest BCUT2D eigenvalue weighted by molar-refractivity contribution is 0.102. The van der Waals surface area contributed by atoms with Crippen LogP contribution in [0.4, 0.5) is 15.8 Å². The smallest absolute Gasteiger partial charge is 0.257 e. The molecule has 6 nitrogen and oxygen atoms in total. The summed E-state index contributed by atoms with van der Waals surface area (Å²) in [6, 6.07) is 6.87. The monoisotopic (exact) mass is 304 g/mol. The molecule has 1 fully saturated rings. The SMILES string of the molecule is Nc1cccc(C(=O)Nc2ncc(N3CCOCC3)s2)c1. The molecule has 110 valence electrons. The molecule has 1 aromatic carbocycles. The number of carbonyl (C=O) groups excluding carboxylic acids is 1. The molecule has 0 spiro atoms. The molecular weight excluding hydrogens is 288 g/mol. The van der Waals surface area contributed by atoms with Crippen molar-refractivity contribution in [1.29, 1.82) is 0 Å². The minimum atomic E-state index is -0.204. The normalized spacial score (nSPS) is 15.0. The van der Waals surface area contributed by atoms with E-state index in [0.717, 1.165) is 31.3 Å². The van der Waals surface area contributed by atoms with E-state index in [1.54, 1.807) is 30.5 Å². The second kappa shape index (κ2) is 6.11. The Bertz CT molecular complexity index is 637. The van der Waals surface area contributed by atoms with E-state index >= 15 is 0 Å². The molecule has 0 atom stereocenters. The average Bonchev–Trinajstić information content (AvgIpc) is 2.97. The number of ether oxygens (including phenoxy) is 1. The zero-order chi connectivity index (χ0) is 14.7. The zero-order valence-corrected chi connectivity index (χ0v) is 12.2. The molecular formula is C14H16N4O2S. The van der Waals surface area contributed by atoms with Crippen LogP contribution in [0.25, 0.3) is 0 Å². The second-order valence-corrected chi connectivity index (χ2v) is 5.69. The zero-order valence-electron chi connectivity index (χ0n) is 11.4. The van der Waals surface area contributed by atoms with Gasteiger partial charge in [0.15, 0.2) is 5.13 Å². The summed E-state index contributed by atoms with van der Waals surface area (Å²) < 4.78 is 5.32. The maximum absolute atomic E-state index is 12.1. The van der Waals surface area contributed by atoms with E-state index in [4.69, 9.17) is 10.5 Å². The average molecular weight is 304 g/mol. The van der Waals surface area contributed by atoms with Crippen LogP contribution in [0, 0.1) is 0 Å². The van der Waals surface area contributed by atoms with Crippen LogP contribution in [0.5, 0.6) is 0 Å². The predicted octanol–water partition coefficient (Wildman–Crippen LogP) is 1.81. The highest BCUT2D eigenvalue weighted by Gasteiger charge is 2.15. The van der Waals surface area contributed by atoms with Crippen molar-refractivity contribution in [1.82, 2.24) is 4.98 Å². The van der Waals surface area contributed by atoms with Gasteiger partial charge in [0.05, 0.1) is 19.4 Å². The molecule has 0 unspecified atom stereocenters. The lowest BCUT2D eigenvalue weighted by atomic mass is 10.2. The largest absolute Gasteiger partial charge is 0.399 e. The van der Waals surface area contributed by atoms with Gasteiger partial charge in [-0.2, -0.15) is 0 Å². The van der Waals surface area contributed by atoms with E-state index in [1.165, 1.54) is 11.3 Å². The fourth-order valence-electron chi connectivity index (χ4n) is 2.10. The highest BCUT2D eigenvalue weighted by atomic mass is 32.1. The van der Waals surface area contributed by atoms with Crippen molar-refractivity contribution in [3.05, 3.63) is 36.0 Å². The fraction of sp³-hybridized carbons (Fsp3) is 0.286. The summed E-state index contributed by atoms with van der Waals surface area (Å²) in [5, 5.41) is 4.43. The molecule has 1 saturated heterocycles. The van der Waals surface area contributed by atoms with Crippen LogP contribution in [-0.2, 0) is 4.74 Å². The van der Waals surface area contributed by atoms with Crippen molar-refractivity contribution in [3.8, 4) is 0 Å². The van der Waals surface area contributed by atoms with Crippen LogP contribution in [0.2, 0.25) is 0 Å². The van der Waals surface area contributed by atoms with E-state index in [2.05, 4.69) is 15.2 Å². The standard InChI is InChI=1S/C14H16N4O2S/c15-11-3-1-2-10(8-11)13(19)17-14-16-9-12(21-14)18-4-6-20-7-5-18/h1-3,8-9H,4-7,15H2,(H,16,17,19). The molecule has 0 bridgehead atoms. The molecule has 21 heavy (non-hydrogen) atoms. The van der Waals surface area contributed by atoms with Gasteiger partial charge in [0.1, 0.15) is 5.00 Å². The Hall–Kier alpha value is -2.12. The van der Waals surface area contributed by atoms with Gasteiger partial charge in [0.25, 0.3) is 5.91 Å². The fourth-order valence-corrected chi connectivity index (χ4v) is 2.97. The number of carbonyl (C=O) groups is 1. The summed E-state index contributed by atoms with van der Waals surface area (Å²) in [7, 11) is 0. The molecule has 1 aliphatic rings. The minimum absolute atomic E-state index is 0.204. The number of nitrogen functional groups attached to an aromatic ring is 1. The molecule has 2 heterocycles. The van der Waals surface area contributed by atoms with Gasteiger partial charge >= 0.3 is 0 Å². The first-order valence-corrected chi connectivity index (χ1v) is 7.49. The number of hydrogen-bond donors (Lipinski definition) is 2. The van der Waals surface area contributed by atoms with Gasteiger partial charge in [-0.15, -0.1) is 0 Å². The summed E-state index contributed by atoms with van der Waals surface area (Å²) in [5.41, 5.74) is 6.77. The molecule has 1 aliphatic heterocycles. The Kier molecular flexibility index (Phi) is 4.03. The topological polar surface area (TPSA) is 80.5 Å². The number of nitrogens with zero attached hydrogens (tertiary/aromatic N) is 2. The maximum Gasteiger partial charge on any atom is 0.257 e. The predicted molar refractivity (Wildman–Crippen MR) is 84.0 cm³/mol. The number of hydrogen-bond acceptors (Lipinski definition) is 6. The highest BCUT2D eigenvalue weighted by Crippen LogP contribution is 2.28. The van der Waals surface area contributed by atoms with E-state index in [-0.39, 0.29) is 5.91 Å². The Morgan fingerprint density at radius 1 is 1.38 bits per heavy atom. The number of benzene rings is 1. The molecule has 3 N–H and O–H groups in total. The summed E-state index contributed by atoms with van der Waals surface area (Å²) in [6.07, 6.45) is 1.78. The lowest BCUT2D eigenvalue weighted by Gasteiger charge is -2.26. The first-order chi connectivity index (χ1) is 10.2. The molecule has 2 aromatic rings. The quantitative estimate of drug-likeness (QED) is 0.845. The van der Waals surface area contributed by atoms with Crippen molar-refractivity contribution in [3.63, 3.8) is 0 Å². The van der Waals surface area contributed by atoms with Gasteiger partial charge in [-0.05, 0) is 18.2 Å². The maximum atomic E-state index is 12.1. The molecule has 7 heteroatoms. The van der Waals surface area contributed by atoms with Gasteiger partial charge in [-0.1, -0.05) is 17.4 Å². The van der Waals surface area contributed by atoms with Crippen LogP contribution in [0.15, 0.2) is 30.5 Å². The third-order valence-corrected chi connectivity index (χ3v) is 4.16. The van der Waals surface area contributed by atoms with Crippen LogP contribution in [0.1, 0.15) is 10.4 Å². The van der Waals surface area contributed by atoms with E-state index < -0.39 is 0 Å². The summed E-state index contributed by atoms with van der Waals surface area (Å²) >= 11 is 1.46. The van der Waals surface area contributed by atoms with Crippen molar-refractivity contribution < 1.29 is 9.53 Å². The molecule has 0 saturated carbocycles. The Morgan fingerprint density at radius 2 is 2.19 bits per heavy atom. The van der Waals surface area contributed by atoms with Crippen LogP contribution in [-0.4, -0.2) is 37.2 Å². The number of morpholine rings is 1.